The average molecular weight is 285 g/mol. The molecule has 3 nitrogen and oxygen atoms in total. The van der Waals surface area contributed by atoms with Crippen LogP contribution in [0.25, 0.3) is 0 Å². The summed E-state index contributed by atoms with van der Waals surface area (Å²) in [6, 6.07) is 7.72. The molecule has 1 heterocycles. The molecule has 1 atom stereocenters. The van der Waals surface area contributed by atoms with E-state index in [1.807, 2.05) is 13.8 Å². The minimum absolute atomic E-state index is 0.0250. The number of halogens is 2. The van der Waals surface area contributed by atoms with Crippen LogP contribution in [-0.2, 0) is 15.4 Å². The maximum absolute atomic E-state index is 13.9. The quantitative estimate of drug-likeness (QED) is 0.902. The lowest BCUT2D eigenvalue weighted by Crippen LogP contribution is -2.52. The van der Waals surface area contributed by atoms with Crippen molar-refractivity contribution in [2.45, 2.75) is 31.5 Å². The van der Waals surface area contributed by atoms with Crippen LogP contribution in [0.3, 0.4) is 0 Å². The second-order valence-electron chi connectivity index (χ2n) is 5.72. The third-order valence-electron chi connectivity index (χ3n) is 3.19. The van der Waals surface area contributed by atoms with E-state index in [-0.39, 0.29) is 23.9 Å². The number of rotatable bonds is 5. The van der Waals surface area contributed by atoms with E-state index in [0.717, 1.165) is 6.54 Å². The van der Waals surface area contributed by atoms with Crippen molar-refractivity contribution in [1.82, 2.24) is 5.32 Å². The highest BCUT2D eigenvalue weighted by Crippen LogP contribution is 2.28. The van der Waals surface area contributed by atoms with Crippen LogP contribution in [0.1, 0.15) is 19.4 Å². The third kappa shape index (κ3) is 4.23. The molecule has 0 aromatic heterocycles. The lowest BCUT2D eigenvalue weighted by Gasteiger charge is -2.36. The van der Waals surface area contributed by atoms with E-state index in [1.165, 1.54) is 12.1 Å². The van der Waals surface area contributed by atoms with E-state index in [2.05, 4.69) is 5.32 Å². The number of alkyl halides is 2. The van der Waals surface area contributed by atoms with E-state index in [9.17, 15) is 8.78 Å². The normalized spacial score (nSPS) is 22.7. The van der Waals surface area contributed by atoms with E-state index in [0.29, 0.717) is 6.54 Å². The molecule has 0 aliphatic carbocycles. The van der Waals surface area contributed by atoms with Crippen molar-refractivity contribution in [3.8, 4) is 0 Å². The van der Waals surface area contributed by atoms with Gasteiger partial charge in [-0.15, -0.1) is 0 Å². The minimum Gasteiger partial charge on any atom is -0.372 e. The summed E-state index contributed by atoms with van der Waals surface area (Å²) >= 11 is 0. The maximum atomic E-state index is 13.9. The number of ether oxygens (including phenoxy) is 2. The van der Waals surface area contributed by atoms with Gasteiger partial charge in [-0.3, -0.25) is 0 Å². The van der Waals surface area contributed by atoms with E-state index < -0.39 is 12.5 Å². The Morgan fingerprint density at radius 3 is 2.70 bits per heavy atom. The van der Waals surface area contributed by atoms with E-state index >= 15 is 0 Å². The number of nitrogens with one attached hydrogen (secondary N) is 1. The number of hydrogen-bond acceptors (Lipinski definition) is 3. The molecular weight excluding hydrogens is 264 g/mol. The van der Waals surface area contributed by atoms with Crippen LogP contribution in [0.4, 0.5) is 8.78 Å². The van der Waals surface area contributed by atoms with Gasteiger partial charge in [0.25, 0.3) is 5.92 Å². The van der Waals surface area contributed by atoms with Crippen LogP contribution in [-0.4, -0.2) is 38.0 Å². The smallest absolute Gasteiger partial charge is 0.296 e. The Kier molecular flexibility index (Phi) is 4.73. The van der Waals surface area contributed by atoms with Crippen LogP contribution in [0.2, 0.25) is 0 Å². The Balaban J connectivity index is 1.81. The molecule has 1 unspecified atom stereocenters. The summed E-state index contributed by atoms with van der Waals surface area (Å²) in [4.78, 5) is 0. The Labute approximate surface area is 118 Å². The first-order valence-corrected chi connectivity index (χ1v) is 6.79. The molecule has 1 saturated heterocycles. The van der Waals surface area contributed by atoms with Gasteiger partial charge in [0.1, 0.15) is 6.61 Å². The van der Waals surface area contributed by atoms with Gasteiger partial charge in [-0.1, -0.05) is 30.3 Å². The molecule has 1 N–H and O–H groups in total. The molecule has 5 heteroatoms. The molecule has 0 radical (unpaired) electrons. The number of morpholine rings is 1. The van der Waals surface area contributed by atoms with Gasteiger partial charge < -0.3 is 14.8 Å². The first-order valence-electron chi connectivity index (χ1n) is 6.79. The SMILES string of the molecule is CC1(C)CNCC(COCC(F)(F)c2ccccc2)O1. The Morgan fingerprint density at radius 2 is 2.05 bits per heavy atom. The van der Waals surface area contributed by atoms with Gasteiger partial charge in [0.05, 0.1) is 18.3 Å². The summed E-state index contributed by atoms with van der Waals surface area (Å²) in [5, 5.41) is 3.21. The van der Waals surface area contributed by atoms with Crippen LogP contribution in [0.15, 0.2) is 30.3 Å². The molecule has 0 amide bonds. The highest BCUT2D eigenvalue weighted by atomic mass is 19.3. The van der Waals surface area contributed by atoms with Gasteiger partial charge >= 0.3 is 0 Å². The lowest BCUT2D eigenvalue weighted by atomic mass is 10.1. The first kappa shape index (κ1) is 15.4. The summed E-state index contributed by atoms with van der Waals surface area (Å²) in [6.45, 7) is 4.84. The molecule has 1 aromatic rings. The summed E-state index contributed by atoms with van der Waals surface area (Å²) in [6.07, 6.45) is -0.190. The van der Waals surface area contributed by atoms with Crippen molar-refractivity contribution in [1.29, 1.82) is 0 Å². The monoisotopic (exact) mass is 285 g/mol. The van der Waals surface area contributed by atoms with Crippen LogP contribution in [0, 0.1) is 0 Å². The minimum atomic E-state index is -2.97. The van der Waals surface area contributed by atoms with Gasteiger partial charge in [0.2, 0.25) is 0 Å². The van der Waals surface area contributed by atoms with Gasteiger partial charge in [0.15, 0.2) is 0 Å². The van der Waals surface area contributed by atoms with Crippen molar-refractivity contribution < 1.29 is 18.3 Å². The topological polar surface area (TPSA) is 30.5 Å². The fourth-order valence-corrected chi connectivity index (χ4v) is 2.25. The molecule has 2 rings (SSSR count). The molecule has 0 spiro atoms. The fourth-order valence-electron chi connectivity index (χ4n) is 2.25. The Morgan fingerprint density at radius 1 is 1.35 bits per heavy atom. The molecule has 1 aliphatic heterocycles. The van der Waals surface area contributed by atoms with Crippen molar-refractivity contribution in [2.24, 2.45) is 0 Å². The zero-order valence-corrected chi connectivity index (χ0v) is 11.9. The van der Waals surface area contributed by atoms with Crippen molar-refractivity contribution >= 4 is 0 Å². The van der Waals surface area contributed by atoms with Crippen molar-refractivity contribution in [3.05, 3.63) is 35.9 Å². The molecule has 1 aromatic carbocycles. The van der Waals surface area contributed by atoms with E-state index in [4.69, 9.17) is 9.47 Å². The standard InChI is InChI=1S/C15H21F2NO2/c1-14(2)10-18-8-13(20-14)9-19-11-15(16,17)12-6-4-3-5-7-12/h3-7,13,18H,8-11H2,1-2H3. The van der Waals surface area contributed by atoms with Gasteiger partial charge in [-0.2, -0.15) is 8.78 Å². The summed E-state index contributed by atoms with van der Waals surface area (Å²) in [5.41, 5.74) is -0.308. The Hall–Kier alpha value is -1.04. The van der Waals surface area contributed by atoms with Crippen molar-refractivity contribution in [2.75, 3.05) is 26.3 Å². The highest BCUT2D eigenvalue weighted by molar-refractivity contribution is 5.19. The molecule has 20 heavy (non-hydrogen) atoms. The van der Waals surface area contributed by atoms with E-state index in [1.54, 1.807) is 18.2 Å². The van der Waals surface area contributed by atoms with Crippen LogP contribution < -0.4 is 5.32 Å². The molecule has 112 valence electrons. The zero-order chi connectivity index (χ0) is 14.6. The molecular formula is C15H21F2NO2. The summed E-state index contributed by atoms with van der Waals surface area (Å²) in [5.74, 6) is -2.97. The predicted molar refractivity (Wildman–Crippen MR) is 73.0 cm³/mol. The predicted octanol–water partition coefficient (Wildman–Crippen LogP) is 2.56. The summed E-state index contributed by atoms with van der Waals surface area (Å²) < 4.78 is 38.7. The second kappa shape index (κ2) is 6.16. The maximum Gasteiger partial charge on any atom is 0.296 e. The third-order valence-corrected chi connectivity index (χ3v) is 3.19. The number of hydrogen-bond donors (Lipinski definition) is 1. The fraction of sp³-hybridized carbons (Fsp3) is 0.600. The largest absolute Gasteiger partial charge is 0.372 e. The van der Waals surface area contributed by atoms with Gasteiger partial charge in [0, 0.05) is 18.7 Å². The lowest BCUT2D eigenvalue weighted by molar-refractivity contribution is -0.143. The Bertz CT molecular complexity index is 423. The van der Waals surface area contributed by atoms with Gasteiger partial charge in [-0.25, -0.2) is 0 Å². The summed E-state index contributed by atoms with van der Waals surface area (Å²) in [7, 11) is 0. The van der Waals surface area contributed by atoms with Crippen LogP contribution >= 0.6 is 0 Å². The average Bonchev–Trinajstić information content (AvgIpc) is 2.38. The van der Waals surface area contributed by atoms with Gasteiger partial charge in [-0.05, 0) is 13.8 Å². The highest BCUT2D eigenvalue weighted by Gasteiger charge is 2.33. The first-order chi connectivity index (χ1) is 9.39. The molecule has 0 saturated carbocycles. The second-order valence-corrected chi connectivity index (χ2v) is 5.72. The zero-order valence-electron chi connectivity index (χ0n) is 11.9. The number of benzene rings is 1. The van der Waals surface area contributed by atoms with Crippen LogP contribution in [0.5, 0.6) is 0 Å². The molecule has 0 bridgehead atoms. The molecule has 1 fully saturated rings. The van der Waals surface area contributed by atoms with Crippen molar-refractivity contribution in [3.63, 3.8) is 0 Å². The molecule has 1 aliphatic rings.